The zero-order valence-corrected chi connectivity index (χ0v) is 16.1. The van der Waals surface area contributed by atoms with E-state index in [1.165, 1.54) is 28.6 Å². The van der Waals surface area contributed by atoms with E-state index in [-0.39, 0.29) is 16.5 Å². The van der Waals surface area contributed by atoms with Gasteiger partial charge in [0, 0.05) is 23.0 Å². The van der Waals surface area contributed by atoms with Crippen LogP contribution in [0.15, 0.2) is 54.4 Å². The van der Waals surface area contributed by atoms with E-state index in [9.17, 15) is 14.7 Å². The maximum Gasteiger partial charge on any atom is 0.301 e. The Morgan fingerprint density at radius 1 is 1.11 bits per heavy atom. The maximum absolute atomic E-state index is 12.9. The molecular weight excluding hydrogens is 400 g/mol. The number of hydrogen-bond donors (Lipinski definition) is 1. The van der Waals surface area contributed by atoms with Crippen LogP contribution in [0.4, 0.5) is 5.13 Å². The van der Waals surface area contributed by atoms with Crippen molar-refractivity contribution in [1.29, 1.82) is 0 Å². The number of carbonyl (C=O) groups excluding carboxylic acids is 2. The Hall–Kier alpha value is -3.10. The quantitative estimate of drug-likeness (QED) is 0.401. The maximum atomic E-state index is 12.9. The zero-order valence-electron chi connectivity index (χ0n) is 14.5. The second-order valence-electron chi connectivity index (χ2n) is 6.06. The van der Waals surface area contributed by atoms with Gasteiger partial charge in [-0.3, -0.25) is 19.5 Å². The first kappa shape index (κ1) is 18.3. The molecule has 3 heterocycles. The van der Waals surface area contributed by atoms with Crippen molar-refractivity contribution in [3.8, 4) is 0 Å². The second-order valence-corrected chi connectivity index (χ2v) is 7.66. The molecule has 0 spiro atoms. The molecule has 1 aliphatic rings. The molecule has 0 saturated carbocycles. The van der Waals surface area contributed by atoms with Crippen LogP contribution in [-0.2, 0) is 9.59 Å². The van der Waals surface area contributed by atoms with Gasteiger partial charge in [0.25, 0.3) is 5.78 Å². The first-order valence-electron chi connectivity index (χ1n) is 8.24. The van der Waals surface area contributed by atoms with E-state index in [1.807, 2.05) is 0 Å². The summed E-state index contributed by atoms with van der Waals surface area (Å²) in [6.07, 6.45) is 2.99. The molecule has 1 atom stereocenters. The molecule has 4 rings (SSSR count). The standard InChI is InChI=1S/C19H13ClN4O3S/c1-10-22-23-19(28-10)24-15(11-2-4-13(20)5-3-11)14(17(26)18(24)27)16(25)12-6-8-21-9-7-12/h2-9,15,25H,1H3/b16-14+. The highest BCUT2D eigenvalue weighted by Crippen LogP contribution is 2.42. The molecule has 1 aromatic carbocycles. The Labute approximate surface area is 168 Å². The average Bonchev–Trinajstić information content (AvgIpc) is 3.24. The lowest BCUT2D eigenvalue weighted by atomic mass is 9.96. The molecule has 140 valence electrons. The summed E-state index contributed by atoms with van der Waals surface area (Å²) in [7, 11) is 0. The topological polar surface area (TPSA) is 96.3 Å². The highest BCUT2D eigenvalue weighted by molar-refractivity contribution is 7.15. The predicted molar refractivity (Wildman–Crippen MR) is 105 cm³/mol. The fraction of sp³-hybridized carbons (Fsp3) is 0.105. The van der Waals surface area contributed by atoms with Gasteiger partial charge in [-0.05, 0) is 36.8 Å². The number of nitrogens with zero attached hydrogens (tertiary/aromatic N) is 4. The van der Waals surface area contributed by atoms with Gasteiger partial charge in [-0.1, -0.05) is 35.1 Å². The summed E-state index contributed by atoms with van der Waals surface area (Å²) in [6.45, 7) is 1.76. The molecule has 0 radical (unpaired) electrons. The van der Waals surface area contributed by atoms with Crippen LogP contribution in [0.3, 0.4) is 0 Å². The molecule has 3 aromatic rings. The van der Waals surface area contributed by atoms with Crippen molar-refractivity contribution in [2.45, 2.75) is 13.0 Å². The van der Waals surface area contributed by atoms with Crippen molar-refractivity contribution < 1.29 is 14.7 Å². The van der Waals surface area contributed by atoms with Gasteiger partial charge >= 0.3 is 5.91 Å². The number of hydrogen-bond acceptors (Lipinski definition) is 7. The van der Waals surface area contributed by atoms with Gasteiger partial charge in [0.15, 0.2) is 0 Å². The molecular formula is C19H13ClN4O3S. The SMILES string of the molecule is Cc1nnc(N2C(=O)C(=O)/C(=C(/O)c3ccncc3)C2c2ccc(Cl)cc2)s1. The van der Waals surface area contributed by atoms with Crippen LogP contribution in [-0.4, -0.2) is 32.0 Å². The number of aliphatic hydroxyl groups excluding tert-OH is 1. The number of halogens is 1. The summed E-state index contributed by atoms with van der Waals surface area (Å²) >= 11 is 7.18. The normalized spacial score (nSPS) is 18.6. The number of amides is 1. The minimum absolute atomic E-state index is 0.0219. The third-order valence-electron chi connectivity index (χ3n) is 4.31. The van der Waals surface area contributed by atoms with E-state index >= 15 is 0 Å². The molecule has 1 N–H and O–H groups in total. The molecule has 1 fully saturated rings. The lowest BCUT2D eigenvalue weighted by Gasteiger charge is -2.22. The van der Waals surface area contributed by atoms with Gasteiger partial charge in [-0.15, -0.1) is 10.2 Å². The number of ketones is 1. The number of carbonyl (C=O) groups is 2. The third-order valence-corrected chi connectivity index (χ3v) is 5.40. The van der Waals surface area contributed by atoms with E-state index in [0.29, 0.717) is 21.2 Å². The minimum Gasteiger partial charge on any atom is -0.507 e. The molecule has 1 saturated heterocycles. The van der Waals surface area contributed by atoms with E-state index in [1.54, 1.807) is 43.3 Å². The monoisotopic (exact) mass is 412 g/mol. The van der Waals surface area contributed by atoms with Crippen LogP contribution in [0.5, 0.6) is 0 Å². The summed E-state index contributed by atoms with van der Waals surface area (Å²) in [5, 5.41) is 20.3. The third kappa shape index (κ3) is 3.06. The zero-order chi connectivity index (χ0) is 19.8. The van der Waals surface area contributed by atoms with Crippen molar-refractivity contribution in [2.75, 3.05) is 4.90 Å². The molecule has 2 aromatic heterocycles. The van der Waals surface area contributed by atoms with Crippen LogP contribution in [0.25, 0.3) is 5.76 Å². The molecule has 28 heavy (non-hydrogen) atoms. The van der Waals surface area contributed by atoms with Crippen LogP contribution < -0.4 is 4.90 Å². The van der Waals surface area contributed by atoms with Gasteiger partial charge in [0.1, 0.15) is 10.8 Å². The molecule has 1 amide bonds. The van der Waals surface area contributed by atoms with Gasteiger partial charge < -0.3 is 5.11 Å². The summed E-state index contributed by atoms with van der Waals surface area (Å²) in [4.78, 5) is 30.9. The first-order chi connectivity index (χ1) is 13.5. The molecule has 7 nitrogen and oxygen atoms in total. The first-order valence-corrected chi connectivity index (χ1v) is 9.44. The van der Waals surface area contributed by atoms with Crippen LogP contribution in [0.2, 0.25) is 5.02 Å². The second kappa shape index (κ2) is 7.14. The highest BCUT2D eigenvalue weighted by Gasteiger charge is 2.48. The average molecular weight is 413 g/mol. The largest absolute Gasteiger partial charge is 0.507 e. The summed E-state index contributed by atoms with van der Waals surface area (Å²) in [6, 6.07) is 9.02. The Bertz CT molecular complexity index is 1100. The fourth-order valence-electron chi connectivity index (χ4n) is 3.04. The number of aryl methyl sites for hydroxylation is 1. The number of aromatic nitrogens is 3. The smallest absolute Gasteiger partial charge is 0.301 e. The predicted octanol–water partition coefficient (Wildman–Crippen LogP) is 3.52. The lowest BCUT2D eigenvalue weighted by molar-refractivity contribution is -0.132. The van der Waals surface area contributed by atoms with Gasteiger partial charge in [0.05, 0.1) is 11.6 Å². The number of anilines is 1. The lowest BCUT2D eigenvalue weighted by Crippen LogP contribution is -2.29. The van der Waals surface area contributed by atoms with Crippen LogP contribution in [0, 0.1) is 6.92 Å². The molecule has 0 aliphatic carbocycles. The number of aliphatic hydroxyl groups is 1. The highest BCUT2D eigenvalue weighted by atomic mass is 35.5. The Balaban J connectivity index is 1.94. The minimum atomic E-state index is -0.849. The molecule has 0 bridgehead atoms. The van der Waals surface area contributed by atoms with Crippen molar-refractivity contribution in [3.63, 3.8) is 0 Å². The van der Waals surface area contributed by atoms with Crippen molar-refractivity contribution >= 4 is 45.5 Å². The number of Topliss-reactive ketones (excluding diaryl/α,β-unsaturated/α-hetero) is 1. The number of benzene rings is 1. The molecule has 1 aliphatic heterocycles. The summed E-state index contributed by atoms with van der Waals surface area (Å²) in [5.41, 5.74) is 0.985. The van der Waals surface area contributed by atoms with Crippen molar-refractivity contribution in [2.24, 2.45) is 0 Å². The summed E-state index contributed by atoms with van der Waals surface area (Å²) in [5.74, 6) is -1.83. The van der Waals surface area contributed by atoms with Crippen molar-refractivity contribution in [1.82, 2.24) is 15.2 Å². The van der Waals surface area contributed by atoms with E-state index in [4.69, 9.17) is 11.6 Å². The van der Waals surface area contributed by atoms with Gasteiger partial charge in [0.2, 0.25) is 5.13 Å². The number of pyridine rings is 1. The van der Waals surface area contributed by atoms with Crippen molar-refractivity contribution in [3.05, 3.63) is 75.5 Å². The fourth-order valence-corrected chi connectivity index (χ4v) is 3.88. The summed E-state index contributed by atoms with van der Waals surface area (Å²) < 4.78 is 0. The van der Waals surface area contributed by atoms with Crippen LogP contribution in [0.1, 0.15) is 22.2 Å². The number of rotatable bonds is 3. The van der Waals surface area contributed by atoms with E-state index in [2.05, 4.69) is 15.2 Å². The Morgan fingerprint density at radius 2 is 1.79 bits per heavy atom. The van der Waals surface area contributed by atoms with E-state index in [0.717, 1.165) is 0 Å². The van der Waals surface area contributed by atoms with Gasteiger partial charge in [-0.25, -0.2) is 0 Å². The molecule has 1 unspecified atom stereocenters. The Morgan fingerprint density at radius 3 is 2.39 bits per heavy atom. The van der Waals surface area contributed by atoms with E-state index < -0.39 is 17.7 Å². The Kier molecular flexibility index (Phi) is 4.66. The molecule has 9 heteroatoms. The van der Waals surface area contributed by atoms with Gasteiger partial charge in [-0.2, -0.15) is 0 Å². The van der Waals surface area contributed by atoms with Crippen LogP contribution >= 0.6 is 22.9 Å².